The van der Waals surface area contributed by atoms with E-state index >= 15 is 0 Å². The van der Waals surface area contributed by atoms with Crippen molar-refractivity contribution in [3.05, 3.63) is 59.2 Å². The van der Waals surface area contributed by atoms with Crippen molar-refractivity contribution in [2.75, 3.05) is 12.4 Å². The number of methoxy groups -OCH3 is 1. The van der Waals surface area contributed by atoms with Gasteiger partial charge in [-0.3, -0.25) is 0 Å². The summed E-state index contributed by atoms with van der Waals surface area (Å²) in [6.45, 7) is 6.45. The Morgan fingerprint density at radius 1 is 1.05 bits per heavy atom. The van der Waals surface area contributed by atoms with Crippen LogP contribution in [0.5, 0.6) is 5.75 Å². The molecule has 0 bridgehead atoms. The molecule has 0 aromatic heterocycles. The Labute approximate surface area is 115 Å². The van der Waals surface area contributed by atoms with Gasteiger partial charge in [-0.25, -0.2) is 0 Å². The van der Waals surface area contributed by atoms with E-state index in [9.17, 15) is 0 Å². The van der Waals surface area contributed by atoms with Crippen LogP contribution >= 0.6 is 0 Å². The zero-order valence-corrected chi connectivity index (χ0v) is 12.0. The molecule has 2 rings (SSSR count). The van der Waals surface area contributed by atoms with Crippen molar-refractivity contribution >= 4 is 5.69 Å². The van der Waals surface area contributed by atoms with Gasteiger partial charge in [-0.15, -0.1) is 0 Å². The molecule has 0 saturated carbocycles. The van der Waals surface area contributed by atoms with Crippen LogP contribution in [0, 0.1) is 13.8 Å². The van der Waals surface area contributed by atoms with Crippen LogP contribution in [0.3, 0.4) is 0 Å². The molecule has 0 spiro atoms. The summed E-state index contributed by atoms with van der Waals surface area (Å²) >= 11 is 0. The molecule has 0 amide bonds. The number of aryl methyl sites for hydroxylation is 2. The maximum absolute atomic E-state index is 5.37. The van der Waals surface area contributed by atoms with Crippen LogP contribution < -0.4 is 10.1 Å². The lowest BCUT2D eigenvalue weighted by Crippen LogP contribution is -2.09. The Morgan fingerprint density at radius 3 is 2.47 bits per heavy atom. The second-order valence-electron chi connectivity index (χ2n) is 4.93. The zero-order valence-electron chi connectivity index (χ0n) is 12.0. The molecule has 0 radical (unpaired) electrons. The van der Waals surface area contributed by atoms with E-state index in [1.54, 1.807) is 7.11 Å². The van der Waals surface area contributed by atoms with Gasteiger partial charge in [0.2, 0.25) is 0 Å². The summed E-state index contributed by atoms with van der Waals surface area (Å²) in [7, 11) is 1.70. The number of hydrogen-bond donors (Lipinski definition) is 1. The molecule has 0 fully saturated rings. The molecular weight excluding hydrogens is 234 g/mol. The van der Waals surface area contributed by atoms with Crippen molar-refractivity contribution < 1.29 is 4.74 Å². The highest BCUT2D eigenvalue weighted by molar-refractivity contribution is 5.57. The number of nitrogens with one attached hydrogen (secondary N) is 1. The Bertz CT molecular complexity index is 563. The van der Waals surface area contributed by atoms with Crippen LogP contribution in [0.4, 0.5) is 5.69 Å². The van der Waals surface area contributed by atoms with Crippen LogP contribution in [0.15, 0.2) is 42.5 Å². The minimum Gasteiger partial charge on any atom is -0.495 e. The van der Waals surface area contributed by atoms with E-state index in [0.717, 1.165) is 11.4 Å². The van der Waals surface area contributed by atoms with Gasteiger partial charge in [-0.2, -0.15) is 0 Å². The number of hydrogen-bond acceptors (Lipinski definition) is 2. The van der Waals surface area contributed by atoms with Gasteiger partial charge >= 0.3 is 0 Å². The summed E-state index contributed by atoms with van der Waals surface area (Å²) in [4.78, 5) is 0. The lowest BCUT2D eigenvalue weighted by Gasteiger charge is -2.19. The van der Waals surface area contributed by atoms with Gasteiger partial charge in [0.1, 0.15) is 5.75 Å². The summed E-state index contributed by atoms with van der Waals surface area (Å²) in [5, 5.41) is 3.51. The van der Waals surface area contributed by atoms with Crippen molar-refractivity contribution in [1.29, 1.82) is 0 Å². The van der Waals surface area contributed by atoms with E-state index < -0.39 is 0 Å². The Hall–Kier alpha value is -1.96. The predicted octanol–water partition coefficient (Wildman–Crippen LogP) is 4.49. The van der Waals surface area contributed by atoms with Gasteiger partial charge in [0.25, 0.3) is 0 Å². The Kier molecular flexibility index (Phi) is 4.10. The fraction of sp³-hybridized carbons (Fsp3) is 0.294. The molecule has 100 valence electrons. The van der Waals surface area contributed by atoms with E-state index in [0.29, 0.717) is 0 Å². The van der Waals surface area contributed by atoms with Crippen LogP contribution in [-0.4, -0.2) is 7.11 Å². The molecular formula is C17H21NO. The molecule has 1 N–H and O–H groups in total. The molecule has 0 aliphatic rings. The molecule has 0 heterocycles. The minimum absolute atomic E-state index is 0.247. The van der Waals surface area contributed by atoms with Crippen molar-refractivity contribution in [2.24, 2.45) is 0 Å². The highest BCUT2D eigenvalue weighted by Gasteiger charge is 2.10. The van der Waals surface area contributed by atoms with Crippen molar-refractivity contribution in [1.82, 2.24) is 0 Å². The average Bonchev–Trinajstić information content (AvgIpc) is 2.39. The third-order valence-corrected chi connectivity index (χ3v) is 3.37. The van der Waals surface area contributed by atoms with Crippen LogP contribution in [-0.2, 0) is 0 Å². The smallest absolute Gasteiger partial charge is 0.141 e. The molecule has 2 nitrogen and oxygen atoms in total. The van der Waals surface area contributed by atoms with Crippen molar-refractivity contribution in [2.45, 2.75) is 26.8 Å². The van der Waals surface area contributed by atoms with Crippen LogP contribution in [0.2, 0.25) is 0 Å². The molecule has 0 aliphatic carbocycles. The average molecular weight is 255 g/mol. The third kappa shape index (κ3) is 3.08. The molecule has 2 aromatic rings. The monoisotopic (exact) mass is 255 g/mol. The fourth-order valence-corrected chi connectivity index (χ4v) is 2.39. The van der Waals surface area contributed by atoms with Crippen molar-refractivity contribution in [3.63, 3.8) is 0 Å². The molecule has 1 atom stereocenters. The van der Waals surface area contributed by atoms with Crippen LogP contribution in [0.25, 0.3) is 0 Å². The third-order valence-electron chi connectivity index (χ3n) is 3.37. The fourth-order valence-electron chi connectivity index (χ4n) is 2.39. The number of benzene rings is 2. The first kappa shape index (κ1) is 13.5. The summed E-state index contributed by atoms with van der Waals surface area (Å²) < 4.78 is 5.37. The first-order valence-corrected chi connectivity index (χ1v) is 6.58. The van der Waals surface area contributed by atoms with E-state index in [1.807, 2.05) is 24.3 Å². The molecule has 2 heteroatoms. The minimum atomic E-state index is 0.247. The second kappa shape index (κ2) is 5.79. The van der Waals surface area contributed by atoms with E-state index in [-0.39, 0.29) is 6.04 Å². The Balaban J connectivity index is 2.23. The lowest BCUT2D eigenvalue weighted by molar-refractivity contribution is 0.416. The number of anilines is 1. The molecule has 0 saturated heterocycles. The van der Waals surface area contributed by atoms with E-state index in [4.69, 9.17) is 4.74 Å². The number of para-hydroxylation sites is 2. The normalized spacial score (nSPS) is 12.0. The quantitative estimate of drug-likeness (QED) is 0.869. The predicted molar refractivity (Wildman–Crippen MR) is 80.9 cm³/mol. The van der Waals surface area contributed by atoms with Gasteiger partial charge in [0, 0.05) is 6.04 Å². The summed E-state index contributed by atoms with van der Waals surface area (Å²) in [5.74, 6) is 0.874. The Morgan fingerprint density at radius 2 is 1.79 bits per heavy atom. The topological polar surface area (TPSA) is 21.3 Å². The molecule has 2 aromatic carbocycles. The maximum Gasteiger partial charge on any atom is 0.141 e. The van der Waals surface area contributed by atoms with E-state index in [1.165, 1.54) is 16.7 Å². The molecule has 0 aliphatic heterocycles. The summed E-state index contributed by atoms with van der Waals surface area (Å²) in [6, 6.07) is 14.8. The van der Waals surface area contributed by atoms with Gasteiger partial charge < -0.3 is 10.1 Å². The van der Waals surface area contributed by atoms with E-state index in [2.05, 4.69) is 44.3 Å². The maximum atomic E-state index is 5.37. The standard InChI is InChI=1S/C17H21NO/c1-12-9-10-15(13(2)11-12)14(3)18-16-7-5-6-8-17(16)19-4/h5-11,14,18H,1-4H3. The number of ether oxygens (including phenoxy) is 1. The van der Waals surface area contributed by atoms with Crippen molar-refractivity contribution in [3.8, 4) is 5.75 Å². The molecule has 1 unspecified atom stereocenters. The highest BCUT2D eigenvalue weighted by Crippen LogP contribution is 2.28. The first-order valence-electron chi connectivity index (χ1n) is 6.58. The van der Waals surface area contributed by atoms with Gasteiger partial charge in [0.05, 0.1) is 12.8 Å². The second-order valence-corrected chi connectivity index (χ2v) is 4.93. The van der Waals surface area contributed by atoms with Gasteiger partial charge in [-0.05, 0) is 44.0 Å². The largest absolute Gasteiger partial charge is 0.495 e. The first-order chi connectivity index (χ1) is 9.11. The number of rotatable bonds is 4. The summed E-state index contributed by atoms with van der Waals surface area (Å²) in [5.41, 5.74) is 4.95. The van der Waals surface area contributed by atoms with Gasteiger partial charge in [-0.1, -0.05) is 35.9 Å². The van der Waals surface area contributed by atoms with Gasteiger partial charge in [0.15, 0.2) is 0 Å². The zero-order chi connectivity index (χ0) is 13.8. The summed E-state index contributed by atoms with van der Waals surface area (Å²) in [6.07, 6.45) is 0. The SMILES string of the molecule is COc1ccccc1NC(C)c1ccc(C)cc1C. The highest BCUT2D eigenvalue weighted by atomic mass is 16.5. The lowest BCUT2D eigenvalue weighted by atomic mass is 10.00. The van der Waals surface area contributed by atoms with Crippen LogP contribution in [0.1, 0.15) is 29.7 Å². The molecule has 19 heavy (non-hydrogen) atoms.